The third-order valence-electron chi connectivity index (χ3n) is 6.21. The van der Waals surface area contributed by atoms with Crippen molar-refractivity contribution in [3.8, 4) is 0 Å². The van der Waals surface area contributed by atoms with Gasteiger partial charge in [0.15, 0.2) is 0 Å². The van der Waals surface area contributed by atoms with E-state index in [1.54, 1.807) is 11.0 Å². The van der Waals surface area contributed by atoms with Crippen molar-refractivity contribution >= 4 is 34.8 Å². The van der Waals surface area contributed by atoms with Gasteiger partial charge in [-0.05, 0) is 24.6 Å². The number of urea groups is 1. The lowest BCUT2D eigenvalue weighted by Crippen LogP contribution is -2.42. The normalized spacial score (nSPS) is 17.6. The third-order valence-corrected chi connectivity index (χ3v) is 6.21. The Hall–Kier alpha value is -3.91. The summed E-state index contributed by atoms with van der Waals surface area (Å²) in [4.78, 5) is 41.4. The smallest absolute Gasteiger partial charge is 0.329 e. The maximum atomic E-state index is 13.0. The molecule has 0 atom stereocenters. The van der Waals surface area contributed by atoms with Crippen LogP contribution in [-0.4, -0.2) is 58.5 Å². The number of benzene rings is 2. The Kier molecular flexibility index (Phi) is 5.90. The van der Waals surface area contributed by atoms with Crippen LogP contribution in [0.15, 0.2) is 60.4 Å². The van der Waals surface area contributed by atoms with Crippen LogP contribution < -0.4 is 5.32 Å². The minimum absolute atomic E-state index is 0.0257. The second kappa shape index (κ2) is 9.15. The van der Waals surface area contributed by atoms with E-state index in [0.717, 1.165) is 27.6 Å². The number of amides is 4. The first-order chi connectivity index (χ1) is 16.5. The number of nitrogens with zero attached hydrogens (tertiary/aromatic N) is 3. The number of aryl methyl sites for hydroxylation is 1. The highest BCUT2D eigenvalue weighted by Crippen LogP contribution is 2.25. The van der Waals surface area contributed by atoms with Gasteiger partial charge in [-0.2, -0.15) is 0 Å². The van der Waals surface area contributed by atoms with Gasteiger partial charge in [-0.15, -0.1) is 0 Å². The average Bonchev–Trinajstić information content (AvgIpc) is 3.33. The third kappa shape index (κ3) is 4.32. The summed E-state index contributed by atoms with van der Waals surface area (Å²) in [5.74, 6) is -0.343. The second-order valence-electron chi connectivity index (χ2n) is 8.59. The lowest BCUT2D eigenvalue weighted by Gasteiger charge is -2.27. The second-order valence-corrected chi connectivity index (χ2v) is 8.59. The number of hydrogen-bond acceptors (Lipinski definition) is 4. The summed E-state index contributed by atoms with van der Waals surface area (Å²) in [5.41, 5.74) is 3.88. The van der Waals surface area contributed by atoms with Gasteiger partial charge in [0.1, 0.15) is 12.2 Å². The zero-order valence-electron chi connectivity index (χ0n) is 19.0. The summed E-state index contributed by atoms with van der Waals surface area (Å²) in [5, 5.41) is 3.61. The topological polar surface area (TPSA) is 83.9 Å². The number of ether oxygens (including phenoxy) is 1. The maximum Gasteiger partial charge on any atom is 0.329 e. The first-order valence-corrected chi connectivity index (χ1v) is 11.3. The number of aromatic nitrogens is 1. The number of rotatable bonds is 5. The van der Waals surface area contributed by atoms with Crippen molar-refractivity contribution in [3.63, 3.8) is 0 Å². The van der Waals surface area contributed by atoms with Crippen LogP contribution in [-0.2, 0) is 27.4 Å². The lowest BCUT2D eigenvalue weighted by atomic mass is 10.1. The van der Waals surface area contributed by atoms with Gasteiger partial charge in [0.25, 0.3) is 5.91 Å². The molecule has 0 spiro atoms. The first kappa shape index (κ1) is 21.9. The van der Waals surface area contributed by atoms with Gasteiger partial charge in [0.05, 0.1) is 19.8 Å². The molecule has 0 radical (unpaired) electrons. The Bertz CT molecular complexity index is 1290. The molecule has 0 bridgehead atoms. The van der Waals surface area contributed by atoms with E-state index in [2.05, 4.69) is 5.32 Å². The molecule has 3 heterocycles. The predicted octanol–water partition coefficient (Wildman–Crippen LogP) is 2.90. The molecule has 3 aromatic rings. The van der Waals surface area contributed by atoms with E-state index >= 15 is 0 Å². The maximum absolute atomic E-state index is 13.0. The van der Waals surface area contributed by atoms with Crippen molar-refractivity contribution in [3.05, 3.63) is 77.1 Å². The van der Waals surface area contributed by atoms with Crippen molar-refractivity contribution in [1.29, 1.82) is 0 Å². The van der Waals surface area contributed by atoms with E-state index in [4.69, 9.17) is 4.74 Å². The summed E-state index contributed by atoms with van der Waals surface area (Å²) in [6.45, 7) is 4.68. The monoisotopic (exact) mass is 458 g/mol. The average molecular weight is 459 g/mol. The zero-order valence-corrected chi connectivity index (χ0v) is 19.0. The van der Waals surface area contributed by atoms with Crippen LogP contribution in [0.5, 0.6) is 0 Å². The number of morpholine rings is 1. The van der Waals surface area contributed by atoms with E-state index in [9.17, 15) is 14.4 Å². The van der Waals surface area contributed by atoms with Gasteiger partial charge in [0.2, 0.25) is 5.91 Å². The van der Waals surface area contributed by atoms with E-state index in [0.29, 0.717) is 26.3 Å². The van der Waals surface area contributed by atoms with Crippen LogP contribution in [0.25, 0.3) is 17.0 Å². The van der Waals surface area contributed by atoms with Gasteiger partial charge >= 0.3 is 6.03 Å². The highest BCUT2D eigenvalue weighted by molar-refractivity contribution is 6.14. The lowest BCUT2D eigenvalue weighted by molar-refractivity contribution is -0.135. The van der Waals surface area contributed by atoms with Crippen LogP contribution in [0.2, 0.25) is 0 Å². The number of imide groups is 1. The molecule has 4 amide bonds. The number of para-hydroxylation sites is 1. The van der Waals surface area contributed by atoms with Crippen molar-refractivity contribution in [2.24, 2.45) is 0 Å². The molecule has 1 N–H and O–H groups in total. The number of hydrogen-bond donors (Lipinski definition) is 1. The zero-order chi connectivity index (χ0) is 23.7. The summed E-state index contributed by atoms with van der Waals surface area (Å²) in [7, 11) is 0. The summed E-state index contributed by atoms with van der Waals surface area (Å²) >= 11 is 0. The summed E-state index contributed by atoms with van der Waals surface area (Å²) in [6, 6.07) is 15.0. The minimum atomic E-state index is -0.442. The Labute approximate surface area is 197 Å². The van der Waals surface area contributed by atoms with Crippen molar-refractivity contribution < 1.29 is 19.1 Å². The molecule has 2 saturated heterocycles. The molecular formula is C26H26N4O4. The molecule has 8 heteroatoms. The number of carbonyl (C=O) groups is 3. The standard InChI is InChI=1S/C26H26N4O4/c1-18-6-8-19(9-7-18)15-30-25(32)22(27-26(30)33)14-20-16-29(23-5-3-2-4-21(20)23)17-24(31)28-10-12-34-13-11-28/h2-9,14,16H,10-13,15,17H2,1H3,(H,27,33)/b22-14+. The van der Waals surface area contributed by atoms with Gasteiger partial charge in [-0.3, -0.25) is 14.5 Å². The first-order valence-electron chi connectivity index (χ1n) is 11.3. The van der Waals surface area contributed by atoms with E-state index in [-0.39, 0.29) is 30.6 Å². The van der Waals surface area contributed by atoms with Crippen molar-refractivity contribution in [2.45, 2.75) is 20.0 Å². The van der Waals surface area contributed by atoms with E-state index in [1.807, 2.05) is 66.2 Å². The molecule has 0 aliphatic carbocycles. The van der Waals surface area contributed by atoms with Crippen molar-refractivity contribution in [2.75, 3.05) is 26.3 Å². The van der Waals surface area contributed by atoms with Gasteiger partial charge in [-0.25, -0.2) is 4.79 Å². The van der Waals surface area contributed by atoms with Crippen molar-refractivity contribution in [1.82, 2.24) is 19.7 Å². The van der Waals surface area contributed by atoms with Crippen LogP contribution in [0.1, 0.15) is 16.7 Å². The predicted molar refractivity (Wildman–Crippen MR) is 128 cm³/mol. The fourth-order valence-electron chi connectivity index (χ4n) is 4.33. The molecule has 1 aromatic heterocycles. The molecule has 2 aliphatic rings. The molecule has 0 saturated carbocycles. The highest BCUT2D eigenvalue weighted by atomic mass is 16.5. The quantitative estimate of drug-likeness (QED) is 0.471. The molecular weight excluding hydrogens is 432 g/mol. The van der Waals surface area contributed by atoms with Crippen LogP contribution >= 0.6 is 0 Å². The molecule has 5 rings (SSSR count). The number of carbonyl (C=O) groups excluding carboxylic acids is 3. The molecule has 2 aliphatic heterocycles. The summed E-state index contributed by atoms with van der Waals surface area (Å²) in [6.07, 6.45) is 3.55. The molecule has 0 unspecified atom stereocenters. The van der Waals surface area contributed by atoms with E-state index < -0.39 is 6.03 Å². The molecule has 8 nitrogen and oxygen atoms in total. The van der Waals surface area contributed by atoms with E-state index in [1.165, 1.54) is 4.90 Å². The number of fused-ring (bicyclic) bond motifs is 1. The van der Waals surface area contributed by atoms with Gasteiger partial charge in [0, 0.05) is 35.8 Å². The molecule has 174 valence electrons. The Morgan fingerprint density at radius 2 is 1.79 bits per heavy atom. The summed E-state index contributed by atoms with van der Waals surface area (Å²) < 4.78 is 7.23. The van der Waals surface area contributed by atoms with Gasteiger partial charge < -0.3 is 19.5 Å². The fourth-order valence-corrected chi connectivity index (χ4v) is 4.33. The van der Waals surface area contributed by atoms with Gasteiger partial charge in [-0.1, -0.05) is 48.0 Å². The molecule has 34 heavy (non-hydrogen) atoms. The Morgan fingerprint density at radius 1 is 1.06 bits per heavy atom. The largest absolute Gasteiger partial charge is 0.378 e. The van der Waals surface area contributed by atoms with Crippen LogP contribution in [0.3, 0.4) is 0 Å². The highest BCUT2D eigenvalue weighted by Gasteiger charge is 2.33. The SMILES string of the molecule is Cc1ccc(CN2C(=O)N/C(=C/c3cn(CC(=O)N4CCOCC4)c4ccccc34)C2=O)cc1. The minimum Gasteiger partial charge on any atom is -0.378 e. The van der Waals surface area contributed by atoms with Crippen LogP contribution in [0.4, 0.5) is 4.79 Å². The fraction of sp³-hybridized carbons (Fsp3) is 0.269. The number of nitrogens with one attached hydrogen (secondary N) is 1. The molecule has 2 fully saturated rings. The Morgan fingerprint density at radius 3 is 2.56 bits per heavy atom. The molecule has 2 aromatic carbocycles. The Balaban J connectivity index is 1.40. The van der Waals surface area contributed by atoms with Crippen LogP contribution in [0, 0.1) is 6.92 Å².